The van der Waals surface area contributed by atoms with Gasteiger partial charge in [0, 0.05) is 22.9 Å². The molecule has 9 heteroatoms. The van der Waals surface area contributed by atoms with Gasteiger partial charge in [-0.2, -0.15) is 0 Å². The number of amides is 2. The third-order valence-electron chi connectivity index (χ3n) is 4.05. The van der Waals surface area contributed by atoms with Crippen LogP contribution in [0.3, 0.4) is 0 Å². The van der Waals surface area contributed by atoms with Gasteiger partial charge in [0.05, 0.1) is 16.1 Å². The monoisotopic (exact) mass is 385 g/mol. The van der Waals surface area contributed by atoms with E-state index < -0.39 is 28.0 Å². The Morgan fingerprint density at radius 3 is 2.59 bits per heavy atom. The van der Waals surface area contributed by atoms with Crippen molar-refractivity contribution in [2.75, 3.05) is 4.90 Å². The van der Waals surface area contributed by atoms with E-state index >= 15 is 0 Å². The van der Waals surface area contributed by atoms with Gasteiger partial charge in [0.25, 0.3) is 5.69 Å². The van der Waals surface area contributed by atoms with Gasteiger partial charge in [-0.25, -0.2) is 4.90 Å². The highest BCUT2D eigenvalue weighted by molar-refractivity contribution is 8.00. The van der Waals surface area contributed by atoms with E-state index in [4.69, 9.17) is 0 Å². The number of imide groups is 1. The number of carbonyl (C=O) groups is 3. The zero-order valence-electron chi connectivity index (χ0n) is 14.1. The predicted octanol–water partition coefficient (Wildman–Crippen LogP) is 1.69. The largest absolute Gasteiger partial charge is 0.545 e. The van der Waals surface area contributed by atoms with Gasteiger partial charge in [0.2, 0.25) is 11.8 Å². The number of nitro groups is 1. The van der Waals surface area contributed by atoms with Gasteiger partial charge in [0.15, 0.2) is 0 Å². The molecule has 1 saturated heterocycles. The molecule has 8 nitrogen and oxygen atoms in total. The standard InChI is InChI=1S/C18H14N2O6S/c1-10-6-7-12(13(8-10)20(25)26)19-16(21)9-15(17(19)22)27-14-5-3-2-4-11(14)18(23)24/h2-8,15H,9H2,1H3,(H,23,24)/p-1/t15-/m0/s1. The lowest BCUT2D eigenvalue weighted by Gasteiger charge is -2.16. The highest BCUT2D eigenvalue weighted by Gasteiger charge is 2.42. The molecule has 2 aromatic carbocycles. The average Bonchev–Trinajstić information content (AvgIpc) is 2.89. The van der Waals surface area contributed by atoms with Gasteiger partial charge in [-0.05, 0) is 24.6 Å². The van der Waals surface area contributed by atoms with Crippen LogP contribution in [0, 0.1) is 17.0 Å². The first-order valence-electron chi connectivity index (χ1n) is 7.88. The van der Waals surface area contributed by atoms with Crippen LogP contribution in [0.15, 0.2) is 47.4 Å². The topological polar surface area (TPSA) is 121 Å². The molecule has 0 unspecified atom stereocenters. The van der Waals surface area contributed by atoms with E-state index in [2.05, 4.69) is 0 Å². The van der Waals surface area contributed by atoms with Crippen LogP contribution < -0.4 is 10.0 Å². The minimum absolute atomic E-state index is 0.0810. The quantitative estimate of drug-likeness (QED) is 0.436. The fraction of sp³-hybridized carbons (Fsp3) is 0.167. The Bertz CT molecular complexity index is 974. The maximum atomic E-state index is 12.8. The molecule has 1 aliphatic rings. The molecule has 1 aliphatic heterocycles. The number of carbonyl (C=O) groups excluding carboxylic acids is 3. The normalized spacial score (nSPS) is 16.6. The summed E-state index contributed by atoms with van der Waals surface area (Å²) in [6, 6.07) is 10.2. The molecule has 2 aromatic rings. The molecule has 0 bridgehead atoms. The number of nitro benzene ring substituents is 1. The molecule has 0 aliphatic carbocycles. The molecule has 0 aromatic heterocycles. The van der Waals surface area contributed by atoms with E-state index in [1.165, 1.54) is 30.3 Å². The van der Waals surface area contributed by atoms with E-state index in [0.29, 0.717) is 10.5 Å². The maximum absolute atomic E-state index is 12.8. The second kappa shape index (κ2) is 7.20. The van der Waals surface area contributed by atoms with E-state index in [1.54, 1.807) is 19.1 Å². The lowest BCUT2D eigenvalue weighted by Crippen LogP contribution is -2.31. The molecule has 0 N–H and O–H groups in total. The summed E-state index contributed by atoms with van der Waals surface area (Å²) in [5.74, 6) is -2.58. The first-order chi connectivity index (χ1) is 12.8. The number of aromatic carboxylic acids is 1. The number of thioether (sulfide) groups is 1. The summed E-state index contributed by atoms with van der Waals surface area (Å²) in [4.78, 5) is 48.2. The number of benzene rings is 2. The number of nitrogens with zero attached hydrogens (tertiary/aromatic N) is 2. The number of rotatable bonds is 5. The highest BCUT2D eigenvalue weighted by Crippen LogP contribution is 2.38. The van der Waals surface area contributed by atoms with Crippen LogP contribution >= 0.6 is 11.8 Å². The minimum atomic E-state index is -1.39. The Labute approximate surface area is 157 Å². The van der Waals surface area contributed by atoms with Crippen LogP contribution in [0.2, 0.25) is 0 Å². The third kappa shape index (κ3) is 3.54. The van der Waals surface area contributed by atoms with E-state index in [0.717, 1.165) is 16.7 Å². The zero-order chi connectivity index (χ0) is 19.7. The van der Waals surface area contributed by atoms with Crippen molar-refractivity contribution in [1.82, 2.24) is 0 Å². The summed E-state index contributed by atoms with van der Waals surface area (Å²) in [7, 11) is 0. The van der Waals surface area contributed by atoms with Gasteiger partial charge in [-0.3, -0.25) is 19.7 Å². The maximum Gasteiger partial charge on any atom is 0.293 e. The van der Waals surface area contributed by atoms with Crippen molar-refractivity contribution in [3.63, 3.8) is 0 Å². The van der Waals surface area contributed by atoms with Crippen LogP contribution in [0.4, 0.5) is 11.4 Å². The summed E-state index contributed by atoms with van der Waals surface area (Å²) in [5, 5.41) is 21.7. The molecular formula is C18H13N2O6S-. The molecule has 0 spiro atoms. The summed E-state index contributed by atoms with van der Waals surface area (Å²) in [5.41, 5.74) is 0.121. The molecule has 1 heterocycles. The fourth-order valence-electron chi connectivity index (χ4n) is 2.81. The van der Waals surface area contributed by atoms with Crippen molar-refractivity contribution >= 4 is 40.9 Å². The number of aryl methyl sites for hydroxylation is 1. The van der Waals surface area contributed by atoms with Crippen LogP contribution in [-0.4, -0.2) is 28.0 Å². The number of carboxylic acids is 1. The lowest BCUT2D eigenvalue weighted by atomic mass is 10.2. The SMILES string of the molecule is Cc1ccc(N2C(=O)C[C@H](Sc3ccccc3C(=O)[O-])C2=O)c([N+](=O)[O-])c1. The number of hydrogen-bond acceptors (Lipinski definition) is 7. The summed E-state index contributed by atoms with van der Waals surface area (Å²) < 4.78 is 0. The molecule has 3 rings (SSSR count). The Morgan fingerprint density at radius 2 is 1.93 bits per heavy atom. The van der Waals surface area contributed by atoms with Crippen molar-refractivity contribution < 1.29 is 24.4 Å². The Kier molecular flexibility index (Phi) is 4.95. The molecule has 138 valence electrons. The summed E-state index contributed by atoms with van der Waals surface area (Å²) >= 11 is 0.931. The van der Waals surface area contributed by atoms with Crippen LogP contribution in [0.5, 0.6) is 0 Å². The third-order valence-corrected chi connectivity index (χ3v) is 5.31. The van der Waals surface area contributed by atoms with Gasteiger partial charge in [0.1, 0.15) is 5.69 Å². The molecular weight excluding hydrogens is 372 g/mol. The molecule has 2 amide bonds. The van der Waals surface area contributed by atoms with Crippen LogP contribution in [0.25, 0.3) is 0 Å². The number of carboxylic acid groups (broad SMARTS) is 1. The first kappa shape index (κ1) is 18.6. The predicted molar refractivity (Wildman–Crippen MR) is 95.4 cm³/mol. The van der Waals surface area contributed by atoms with Crippen molar-refractivity contribution in [3.8, 4) is 0 Å². The number of anilines is 1. The lowest BCUT2D eigenvalue weighted by molar-refractivity contribution is -0.384. The van der Waals surface area contributed by atoms with Gasteiger partial charge in [-0.15, -0.1) is 11.8 Å². The second-order valence-electron chi connectivity index (χ2n) is 5.91. The van der Waals surface area contributed by atoms with Crippen molar-refractivity contribution in [3.05, 3.63) is 63.7 Å². The van der Waals surface area contributed by atoms with Gasteiger partial charge < -0.3 is 9.90 Å². The molecule has 0 radical (unpaired) electrons. The average molecular weight is 385 g/mol. The Morgan fingerprint density at radius 1 is 1.22 bits per heavy atom. The van der Waals surface area contributed by atoms with Crippen LogP contribution in [0.1, 0.15) is 22.3 Å². The van der Waals surface area contributed by atoms with E-state index in [-0.39, 0.29) is 23.4 Å². The number of hydrogen-bond donors (Lipinski definition) is 0. The van der Waals surface area contributed by atoms with Crippen molar-refractivity contribution in [2.45, 2.75) is 23.5 Å². The summed E-state index contributed by atoms with van der Waals surface area (Å²) in [6.45, 7) is 1.67. The molecule has 0 saturated carbocycles. The smallest absolute Gasteiger partial charge is 0.293 e. The summed E-state index contributed by atoms with van der Waals surface area (Å²) in [6.07, 6.45) is -0.185. The fourth-order valence-corrected chi connectivity index (χ4v) is 3.98. The first-order valence-corrected chi connectivity index (χ1v) is 8.76. The van der Waals surface area contributed by atoms with Crippen LogP contribution in [-0.2, 0) is 9.59 Å². The zero-order valence-corrected chi connectivity index (χ0v) is 14.9. The molecule has 1 atom stereocenters. The van der Waals surface area contributed by atoms with Gasteiger partial charge in [-0.1, -0.05) is 24.3 Å². The molecule has 27 heavy (non-hydrogen) atoms. The van der Waals surface area contributed by atoms with Crippen molar-refractivity contribution in [1.29, 1.82) is 0 Å². The highest BCUT2D eigenvalue weighted by atomic mass is 32.2. The second-order valence-corrected chi connectivity index (χ2v) is 7.16. The van der Waals surface area contributed by atoms with E-state index in [9.17, 15) is 29.6 Å². The Balaban J connectivity index is 1.93. The Hall–Kier alpha value is -3.20. The van der Waals surface area contributed by atoms with E-state index in [1.807, 2.05) is 0 Å². The molecule has 1 fully saturated rings. The minimum Gasteiger partial charge on any atom is -0.545 e. The van der Waals surface area contributed by atoms with Gasteiger partial charge >= 0.3 is 0 Å². The van der Waals surface area contributed by atoms with Crippen molar-refractivity contribution in [2.24, 2.45) is 0 Å².